The van der Waals surface area contributed by atoms with Gasteiger partial charge >= 0.3 is 6.16 Å². The van der Waals surface area contributed by atoms with Crippen LogP contribution in [0.5, 0.6) is 0 Å². The highest BCUT2D eigenvalue weighted by atomic mass is 16.7. The minimum Gasteiger partial charge on any atom is -0.498 e. The van der Waals surface area contributed by atoms with Crippen molar-refractivity contribution < 1.29 is 33.2 Å². The minimum absolute atomic E-state index is 0.129. The fraction of sp³-hybridized carbons (Fsp3) is 0.827. The van der Waals surface area contributed by atoms with E-state index < -0.39 is 6.16 Å². The van der Waals surface area contributed by atoms with Gasteiger partial charge in [0.15, 0.2) is 6.29 Å². The fourth-order valence-electron chi connectivity index (χ4n) is 6.79. The summed E-state index contributed by atoms with van der Waals surface area (Å²) in [6.07, 6.45) is 39.2. The average molecular weight is 848 g/mol. The zero-order chi connectivity index (χ0) is 44.0. The molecule has 0 saturated carbocycles. The van der Waals surface area contributed by atoms with Crippen molar-refractivity contribution in [1.29, 1.82) is 0 Å². The Hall–Kier alpha value is -2.29. The molecule has 1 unspecified atom stereocenters. The number of hydrogen-bond donors (Lipinski definition) is 0. The lowest BCUT2D eigenvalue weighted by molar-refractivity contribution is -0.148. The van der Waals surface area contributed by atoms with Crippen LogP contribution in [0.15, 0.2) is 49.0 Å². The normalized spacial score (nSPS) is 12.2. The molecular formula is C52H97NO7. The van der Waals surface area contributed by atoms with Crippen LogP contribution in [0.4, 0.5) is 4.79 Å². The highest BCUT2D eigenvalue weighted by Crippen LogP contribution is 2.18. The predicted molar refractivity (Wildman–Crippen MR) is 254 cm³/mol. The number of ether oxygens (including phenoxy) is 6. The van der Waals surface area contributed by atoms with Crippen LogP contribution in [0.1, 0.15) is 208 Å². The maximum absolute atomic E-state index is 12.5. The topological polar surface area (TPSA) is 75.7 Å². The lowest BCUT2D eigenvalue weighted by atomic mass is 10.1. The molecule has 0 aromatic heterocycles. The third-order valence-electron chi connectivity index (χ3n) is 10.9. The molecule has 0 fully saturated rings. The first-order chi connectivity index (χ1) is 29.4. The molecule has 0 amide bonds. The third-order valence-corrected chi connectivity index (χ3v) is 10.9. The van der Waals surface area contributed by atoms with Crippen LogP contribution in [0, 0.1) is 5.92 Å². The molecule has 0 aromatic carbocycles. The number of hydrogen-bond acceptors (Lipinski definition) is 8. The van der Waals surface area contributed by atoms with E-state index in [4.69, 9.17) is 28.4 Å². The van der Waals surface area contributed by atoms with E-state index in [0.717, 1.165) is 76.8 Å². The van der Waals surface area contributed by atoms with Crippen LogP contribution in [0.3, 0.4) is 0 Å². The molecule has 352 valence electrons. The molecule has 0 spiro atoms. The first kappa shape index (κ1) is 57.7. The second-order valence-electron chi connectivity index (χ2n) is 16.6. The molecule has 0 heterocycles. The predicted octanol–water partition coefficient (Wildman–Crippen LogP) is 15.2. The molecule has 0 aliphatic rings. The van der Waals surface area contributed by atoms with Gasteiger partial charge in [0, 0.05) is 39.0 Å². The van der Waals surface area contributed by atoms with Crippen molar-refractivity contribution in [3.8, 4) is 0 Å². The summed E-state index contributed by atoms with van der Waals surface area (Å²) in [4.78, 5) is 14.8. The molecule has 0 radical (unpaired) electrons. The summed E-state index contributed by atoms with van der Waals surface area (Å²) in [6, 6.07) is 0. The van der Waals surface area contributed by atoms with Gasteiger partial charge in [-0.2, -0.15) is 0 Å². The van der Waals surface area contributed by atoms with Gasteiger partial charge in [0.2, 0.25) is 0 Å². The summed E-state index contributed by atoms with van der Waals surface area (Å²) < 4.78 is 35.7. The van der Waals surface area contributed by atoms with E-state index in [1.165, 1.54) is 109 Å². The summed E-state index contributed by atoms with van der Waals surface area (Å²) in [5.41, 5.74) is 0. The summed E-state index contributed by atoms with van der Waals surface area (Å²) in [5.74, 6) is 1.23. The highest BCUT2D eigenvalue weighted by Gasteiger charge is 2.18. The SMILES string of the molecule is C=C(CCCCCCC/C=C\C/C=C\CCCCC)OCC(COC(=C)CCC(OCCCCCCCC)OCCCCCCCC)COC(=O)OCCCN(CC)CC. The van der Waals surface area contributed by atoms with Gasteiger partial charge in [-0.1, -0.05) is 168 Å². The molecule has 0 bridgehead atoms. The van der Waals surface area contributed by atoms with Crippen LogP contribution >= 0.6 is 0 Å². The van der Waals surface area contributed by atoms with Crippen LogP contribution < -0.4 is 0 Å². The standard InChI is InChI=1S/C52H97NO7/c1-8-13-16-19-22-23-24-25-26-27-28-29-30-31-34-38-48(6)58-45-50(47-60-52(54)57-44-37-41-53(11-4)12-5)46-59-49(7)39-40-51(55-42-35-32-20-17-14-9-2)56-43-36-33-21-18-15-10-3/h22-23,25-26,50-51H,6-21,24,27-47H2,1-5H3/b23-22-,26-25-. The lowest BCUT2D eigenvalue weighted by Gasteiger charge is -2.22. The van der Waals surface area contributed by atoms with Crippen molar-refractivity contribution in [1.82, 2.24) is 4.90 Å². The quantitative estimate of drug-likeness (QED) is 0.0197. The Morgan fingerprint density at radius 1 is 0.500 bits per heavy atom. The Bertz CT molecular complexity index is 992. The van der Waals surface area contributed by atoms with Gasteiger partial charge < -0.3 is 33.3 Å². The van der Waals surface area contributed by atoms with Crippen molar-refractivity contribution in [3.63, 3.8) is 0 Å². The zero-order valence-electron chi connectivity index (χ0n) is 40.1. The van der Waals surface area contributed by atoms with Crippen molar-refractivity contribution >= 4 is 6.16 Å². The largest absolute Gasteiger partial charge is 0.508 e. The van der Waals surface area contributed by atoms with Gasteiger partial charge in [0.25, 0.3) is 0 Å². The van der Waals surface area contributed by atoms with Crippen LogP contribution in [-0.2, 0) is 28.4 Å². The van der Waals surface area contributed by atoms with Gasteiger partial charge in [-0.05, 0) is 70.9 Å². The number of carbonyl (C=O) groups excluding carboxylic acids is 1. The van der Waals surface area contributed by atoms with Crippen molar-refractivity contribution in [2.24, 2.45) is 5.92 Å². The molecule has 8 heteroatoms. The number of carbonyl (C=O) groups is 1. The Morgan fingerprint density at radius 2 is 0.967 bits per heavy atom. The molecule has 0 saturated heterocycles. The monoisotopic (exact) mass is 848 g/mol. The Morgan fingerprint density at radius 3 is 1.53 bits per heavy atom. The van der Waals surface area contributed by atoms with Crippen molar-refractivity contribution in [2.45, 2.75) is 214 Å². The van der Waals surface area contributed by atoms with E-state index in [-0.39, 0.29) is 18.8 Å². The lowest BCUT2D eigenvalue weighted by Crippen LogP contribution is -2.26. The van der Waals surface area contributed by atoms with Gasteiger partial charge in [0.1, 0.15) is 6.61 Å². The van der Waals surface area contributed by atoms with E-state index in [1.54, 1.807) is 0 Å². The van der Waals surface area contributed by atoms with E-state index in [1.807, 2.05) is 0 Å². The van der Waals surface area contributed by atoms with E-state index >= 15 is 0 Å². The Kier molecular flexibility index (Phi) is 44.5. The molecule has 0 N–H and O–H groups in total. The van der Waals surface area contributed by atoms with Gasteiger partial charge in [-0.25, -0.2) is 4.79 Å². The van der Waals surface area contributed by atoms with E-state index in [0.29, 0.717) is 51.6 Å². The van der Waals surface area contributed by atoms with Gasteiger partial charge in [0.05, 0.1) is 37.3 Å². The van der Waals surface area contributed by atoms with Gasteiger partial charge in [-0.15, -0.1) is 0 Å². The third kappa shape index (κ3) is 41.1. The molecular weight excluding hydrogens is 751 g/mol. The second kappa shape index (κ2) is 46.2. The first-order valence-corrected chi connectivity index (χ1v) is 25.1. The molecule has 0 rings (SSSR count). The van der Waals surface area contributed by atoms with Crippen molar-refractivity contribution in [3.05, 3.63) is 49.0 Å². The highest BCUT2D eigenvalue weighted by molar-refractivity contribution is 5.59. The van der Waals surface area contributed by atoms with Crippen molar-refractivity contribution in [2.75, 3.05) is 59.3 Å². The molecule has 0 aliphatic carbocycles. The summed E-state index contributed by atoms with van der Waals surface area (Å²) in [6.45, 7) is 24.8. The Labute approximate surface area is 371 Å². The fourth-order valence-corrected chi connectivity index (χ4v) is 6.79. The van der Waals surface area contributed by atoms with Gasteiger partial charge in [-0.3, -0.25) is 0 Å². The summed E-state index contributed by atoms with van der Waals surface area (Å²) >= 11 is 0. The van der Waals surface area contributed by atoms with Crippen LogP contribution in [-0.4, -0.2) is 76.6 Å². The minimum atomic E-state index is -0.657. The molecule has 60 heavy (non-hydrogen) atoms. The smallest absolute Gasteiger partial charge is 0.498 e. The number of rotatable bonds is 47. The maximum atomic E-state index is 12.5. The van der Waals surface area contributed by atoms with Crippen LogP contribution in [0.2, 0.25) is 0 Å². The van der Waals surface area contributed by atoms with Crippen LogP contribution in [0.25, 0.3) is 0 Å². The summed E-state index contributed by atoms with van der Waals surface area (Å²) in [5, 5.41) is 0. The zero-order valence-corrected chi connectivity index (χ0v) is 40.1. The number of unbranched alkanes of at least 4 members (excludes halogenated alkanes) is 18. The first-order valence-electron chi connectivity index (χ1n) is 25.1. The number of nitrogens with zero attached hydrogens (tertiary/aromatic N) is 1. The molecule has 0 aromatic rings. The van der Waals surface area contributed by atoms with E-state index in [9.17, 15) is 4.79 Å². The molecule has 8 nitrogen and oxygen atoms in total. The second-order valence-corrected chi connectivity index (χ2v) is 16.6. The Balaban J connectivity index is 4.84. The average Bonchev–Trinajstić information content (AvgIpc) is 3.25. The maximum Gasteiger partial charge on any atom is 0.508 e. The number of allylic oxidation sites excluding steroid dienone is 6. The summed E-state index contributed by atoms with van der Waals surface area (Å²) in [7, 11) is 0. The molecule has 0 aliphatic heterocycles. The van der Waals surface area contributed by atoms with E-state index in [2.05, 4.69) is 77.0 Å². The molecule has 1 atom stereocenters.